The molecule has 0 aliphatic heterocycles. The lowest BCUT2D eigenvalue weighted by molar-refractivity contribution is -0.120. The first kappa shape index (κ1) is 14.1. The van der Waals surface area contributed by atoms with Gasteiger partial charge in [0.05, 0.1) is 18.8 Å². The summed E-state index contributed by atoms with van der Waals surface area (Å²) in [4.78, 5) is 22.7. The Bertz CT molecular complexity index is 429. The number of rotatable bonds is 6. The van der Waals surface area contributed by atoms with E-state index in [0.717, 1.165) is 0 Å². The fourth-order valence-corrected chi connectivity index (χ4v) is 1.40. The summed E-state index contributed by atoms with van der Waals surface area (Å²) >= 11 is 0. The third-order valence-electron chi connectivity index (χ3n) is 2.33. The summed E-state index contributed by atoms with van der Waals surface area (Å²) in [5.41, 5.74) is 6.14. The highest BCUT2D eigenvalue weighted by Gasteiger charge is 2.19. The summed E-state index contributed by atoms with van der Waals surface area (Å²) in [6.45, 7) is 2.39. The fraction of sp³-hybridized carbons (Fsp3) is 0.600. The van der Waals surface area contributed by atoms with Gasteiger partial charge in [0.1, 0.15) is 0 Å². The molecule has 1 amide bonds. The standard InChI is InChI=1S/C10H17N5O3/c1-3-18-10(17)9-7(6-11)15(14-13-9)5-4-8(16)12-2/h3-6,11H2,1-2H3,(H,12,16). The zero-order valence-electron chi connectivity index (χ0n) is 10.5. The molecule has 0 saturated heterocycles. The molecule has 0 radical (unpaired) electrons. The molecule has 18 heavy (non-hydrogen) atoms. The molecule has 0 bridgehead atoms. The molecule has 0 atom stereocenters. The lowest BCUT2D eigenvalue weighted by atomic mass is 10.3. The van der Waals surface area contributed by atoms with Gasteiger partial charge in [0, 0.05) is 20.0 Å². The number of amides is 1. The van der Waals surface area contributed by atoms with Crippen molar-refractivity contribution in [1.29, 1.82) is 0 Å². The number of hydrogen-bond acceptors (Lipinski definition) is 6. The molecule has 0 aliphatic rings. The van der Waals surface area contributed by atoms with Crippen LogP contribution in [0.4, 0.5) is 0 Å². The number of esters is 1. The summed E-state index contributed by atoms with van der Waals surface area (Å²) in [6.07, 6.45) is 0.245. The van der Waals surface area contributed by atoms with E-state index in [0.29, 0.717) is 12.2 Å². The van der Waals surface area contributed by atoms with Crippen LogP contribution < -0.4 is 11.1 Å². The average molecular weight is 255 g/mol. The van der Waals surface area contributed by atoms with Crippen molar-refractivity contribution in [3.05, 3.63) is 11.4 Å². The maximum Gasteiger partial charge on any atom is 0.360 e. The summed E-state index contributed by atoms with van der Waals surface area (Å²) < 4.78 is 6.29. The van der Waals surface area contributed by atoms with Crippen molar-refractivity contribution in [2.24, 2.45) is 5.73 Å². The van der Waals surface area contributed by atoms with Gasteiger partial charge in [0.25, 0.3) is 0 Å². The van der Waals surface area contributed by atoms with Crippen LogP contribution in [0.1, 0.15) is 29.5 Å². The second-order valence-electron chi connectivity index (χ2n) is 3.46. The highest BCUT2D eigenvalue weighted by atomic mass is 16.5. The zero-order valence-corrected chi connectivity index (χ0v) is 10.5. The Labute approximate surface area is 104 Å². The number of hydrogen-bond donors (Lipinski definition) is 2. The molecular weight excluding hydrogens is 238 g/mol. The van der Waals surface area contributed by atoms with Crippen LogP contribution in [0.5, 0.6) is 0 Å². The molecule has 1 aromatic heterocycles. The van der Waals surface area contributed by atoms with Crippen LogP contribution in [0, 0.1) is 0 Å². The van der Waals surface area contributed by atoms with Gasteiger partial charge in [-0.3, -0.25) is 4.79 Å². The predicted octanol–water partition coefficient (Wildman–Crippen LogP) is -0.950. The van der Waals surface area contributed by atoms with Gasteiger partial charge >= 0.3 is 5.97 Å². The third kappa shape index (κ3) is 3.27. The Hall–Kier alpha value is -1.96. The first-order chi connectivity index (χ1) is 8.63. The maximum absolute atomic E-state index is 11.6. The topological polar surface area (TPSA) is 112 Å². The van der Waals surface area contributed by atoms with Gasteiger partial charge in [-0.1, -0.05) is 5.21 Å². The van der Waals surface area contributed by atoms with E-state index in [1.165, 1.54) is 4.68 Å². The molecule has 3 N–H and O–H groups in total. The average Bonchev–Trinajstić information content (AvgIpc) is 2.78. The van der Waals surface area contributed by atoms with E-state index in [1.54, 1.807) is 14.0 Å². The second-order valence-corrected chi connectivity index (χ2v) is 3.46. The highest BCUT2D eigenvalue weighted by Crippen LogP contribution is 2.07. The quantitative estimate of drug-likeness (QED) is 0.634. The Morgan fingerprint density at radius 1 is 1.50 bits per heavy atom. The predicted molar refractivity (Wildman–Crippen MR) is 62.6 cm³/mol. The van der Waals surface area contributed by atoms with Crippen molar-refractivity contribution in [2.75, 3.05) is 13.7 Å². The van der Waals surface area contributed by atoms with Crippen LogP contribution in [0.3, 0.4) is 0 Å². The number of carbonyl (C=O) groups is 2. The molecule has 0 aliphatic carbocycles. The van der Waals surface area contributed by atoms with Crippen molar-refractivity contribution in [2.45, 2.75) is 26.4 Å². The largest absolute Gasteiger partial charge is 0.461 e. The summed E-state index contributed by atoms with van der Waals surface area (Å²) in [5, 5.41) is 10.0. The molecule has 0 aromatic carbocycles. The molecule has 1 rings (SSSR count). The van der Waals surface area contributed by atoms with E-state index in [1.807, 2.05) is 0 Å². The van der Waals surface area contributed by atoms with Crippen LogP contribution in [-0.4, -0.2) is 40.5 Å². The number of aromatic nitrogens is 3. The van der Waals surface area contributed by atoms with Crippen LogP contribution in [0.2, 0.25) is 0 Å². The SMILES string of the molecule is CCOC(=O)c1nnn(CCC(=O)NC)c1CN. The van der Waals surface area contributed by atoms with Crippen molar-refractivity contribution in [3.8, 4) is 0 Å². The molecule has 0 fully saturated rings. The number of nitrogens with zero attached hydrogens (tertiary/aromatic N) is 3. The lowest BCUT2D eigenvalue weighted by Crippen LogP contribution is -2.21. The van der Waals surface area contributed by atoms with Crippen LogP contribution in [0.25, 0.3) is 0 Å². The maximum atomic E-state index is 11.6. The summed E-state index contributed by atoms with van der Waals surface area (Å²) in [5.74, 6) is -0.671. The molecule has 8 nitrogen and oxygen atoms in total. The minimum atomic E-state index is -0.552. The Morgan fingerprint density at radius 3 is 2.78 bits per heavy atom. The first-order valence-corrected chi connectivity index (χ1v) is 5.64. The Morgan fingerprint density at radius 2 is 2.22 bits per heavy atom. The molecule has 0 unspecified atom stereocenters. The van der Waals surface area contributed by atoms with Crippen LogP contribution in [-0.2, 0) is 22.6 Å². The van der Waals surface area contributed by atoms with E-state index in [-0.39, 0.29) is 31.2 Å². The smallest absolute Gasteiger partial charge is 0.360 e. The minimum Gasteiger partial charge on any atom is -0.461 e. The van der Waals surface area contributed by atoms with E-state index < -0.39 is 5.97 Å². The van der Waals surface area contributed by atoms with Gasteiger partial charge in [-0.2, -0.15) is 0 Å². The molecule has 100 valence electrons. The Balaban J connectivity index is 2.81. The molecule has 8 heteroatoms. The fourth-order valence-electron chi connectivity index (χ4n) is 1.40. The highest BCUT2D eigenvalue weighted by molar-refractivity contribution is 5.88. The molecule has 1 aromatic rings. The monoisotopic (exact) mass is 255 g/mol. The first-order valence-electron chi connectivity index (χ1n) is 5.64. The van der Waals surface area contributed by atoms with Crippen molar-refractivity contribution >= 4 is 11.9 Å². The normalized spacial score (nSPS) is 10.2. The Kier molecular flexibility index (Phi) is 5.25. The number of carbonyl (C=O) groups excluding carboxylic acids is 2. The number of nitrogens with one attached hydrogen (secondary N) is 1. The van der Waals surface area contributed by atoms with Gasteiger partial charge < -0.3 is 15.8 Å². The van der Waals surface area contributed by atoms with Crippen LogP contribution >= 0.6 is 0 Å². The van der Waals surface area contributed by atoms with E-state index >= 15 is 0 Å². The van der Waals surface area contributed by atoms with E-state index in [2.05, 4.69) is 15.6 Å². The number of ether oxygens (including phenoxy) is 1. The third-order valence-corrected chi connectivity index (χ3v) is 2.33. The minimum absolute atomic E-state index is 0.106. The van der Waals surface area contributed by atoms with Gasteiger partial charge in [-0.05, 0) is 6.92 Å². The molecule has 0 saturated carbocycles. The molecule has 1 heterocycles. The van der Waals surface area contributed by atoms with Crippen LogP contribution in [0.15, 0.2) is 0 Å². The molecular formula is C10H17N5O3. The van der Waals surface area contributed by atoms with Gasteiger partial charge in [0.15, 0.2) is 5.69 Å². The second kappa shape index (κ2) is 6.70. The lowest BCUT2D eigenvalue weighted by Gasteiger charge is -2.05. The van der Waals surface area contributed by atoms with Gasteiger partial charge in [-0.15, -0.1) is 5.10 Å². The van der Waals surface area contributed by atoms with Crippen molar-refractivity contribution in [3.63, 3.8) is 0 Å². The van der Waals surface area contributed by atoms with Gasteiger partial charge in [-0.25, -0.2) is 9.48 Å². The molecule has 0 spiro atoms. The zero-order chi connectivity index (χ0) is 13.5. The van der Waals surface area contributed by atoms with E-state index in [9.17, 15) is 9.59 Å². The van der Waals surface area contributed by atoms with Gasteiger partial charge in [0.2, 0.25) is 5.91 Å². The van der Waals surface area contributed by atoms with Crippen molar-refractivity contribution < 1.29 is 14.3 Å². The van der Waals surface area contributed by atoms with E-state index in [4.69, 9.17) is 10.5 Å². The number of nitrogens with two attached hydrogens (primary N) is 1. The number of aryl methyl sites for hydroxylation is 1. The summed E-state index contributed by atoms with van der Waals surface area (Å²) in [7, 11) is 1.55. The van der Waals surface area contributed by atoms with Crippen molar-refractivity contribution in [1.82, 2.24) is 20.3 Å². The summed E-state index contributed by atoms with van der Waals surface area (Å²) in [6, 6.07) is 0.